The highest BCUT2D eigenvalue weighted by molar-refractivity contribution is 6.92. The molecule has 7 heteroatoms. The molecule has 2 N–H and O–H groups in total. The molecule has 0 saturated carbocycles. The van der Waals surface area contributed by atoms with Crippen molar-refractivity contribution in [1.82, 2.24) is 0 Å². The van der Waals surface area contributed by atoms with Crippen LogP contribution in [0.3, 0.4) is 0 Å². The normalized spacial score (nSPS) is 16.5. The monoisotopic (exact) mass is 350 g/mol. The zero-order chi connectivity index (χ0) is 17.1. The third-order valence-electron chi connectivity index (χ3n) is 3.95. The minimum absolute atomic E-state index is 0.200. The van der Waals surface area contributed by atoms with Gasteiger partial charge in [-0.1, -0.05) is 24.3 Å². The van der Waals surface area contributed by atoms with Gasteiger partial charge in [-0.05, 0) is 47.7 Å². The zero-order valence-electron chi connectivity index (χ0n) is 13.7. The van der Waals surface area contributed by atoms with Crippen LogP contribution >= 0.6 is 0 Å². The minimum Gasteiger partial charge on any atom is -0.508 e. The van der Waals surface area contributed by atoms with Crippen molar-refractivity contribution in [3.8, 4) is 11.5 Å². The Labute approximate surface area is 138 Å². The highest BCUT2D eigenvalue weighted by Crippen LogP contribution is 2.19. The molecule has 0 heterocycles. The molecule has 2 aromatic rings. The average molecular weight is 351 g/mol. The Balaban J connectivity index is 2.37. The summed E-state index contributed by atoms with van der Waals surface area (Å²) in [5.74, 6) is 0.401. The Bertz CT molecular complexity index is 589. The number of phenols is 2. The van der Waals surface area contributed by atoms with Gasteiger partial charge in [0, 0.05) is 14.2 Å². The van der Waals surface area contributed by atoms with E-state index in [-0.39, 0.29) is 11.5 Å². The van der Waals surface area contributed by atoms with Gasteiger partial charge in [0.1, 0.15) is 11.5 Å². The van der Waals surface area contributed by atoms with Crippen molar-refractivity contribution in [3.05, 3.63) is 48.5 Å². The van der Waals surface area contributed by atoms with Gasteiger partial charge in [-0.15, -0.1) is 0 Å². The molecular formula is C16H22O5Si2. The Morgan fingerprint density at radius 1 is 0.652 bits per heavy atom. The van der Waals surface area contributed by atoms with E-state index in [1.54, 1.807) is 38.5 Å². The number of benzene rings is 2. The summed E-state index contributed by atoms with van der Waals surface area (Å²) in [6.07, 6.45) is 0. The van der Waals surface area contributed by atoms with Gasteiger partial charge in [0.05, 0.1) is 0 Å². The van der Waals surface area contributed by atoms with E-state index in [2.05, 4.69) is 0 Å². The highest BCUT2D eigenvalue weighted by atomic mass is 28.5. The van der Waals surface area contributed by atoms with Crippen molar-refractivity contribution in [2.24, 2.45) is 0 Å². The molecule has 2 unspecified atom stereocenters. The summed E-state index contributed by atoms with van der Waals surface area (Å²) in [6.45, 7) is 3.90. The maximum atomic E-state index is 9.47. The van der Waals surface area contributed by atoms with Crippen LogP contribution in [0.15, 0.2) is 48.5 Å². The quantitative estimate of drug-likeness (QED) is 0.776. The van der Waals surface area contributed by atoms with Crippen molar-refractivity contribution in [3.63, 3.8) is 0 Å². The first-order valence-electron chi connectivity index (χ1n) is 7.22. The van der Waals surface area contributed by atoms with Crippen molar-refractivity contribution in [2.75, 3.05) is 14.2 Å². The van der Waals surface area contributed by atoms with Gasteiger partial charge in [0.15, 0.2) is 0 Å². The Hall–Kier alpha value is -1.65. The molecule has 124 valence electrons. The molecule has 5 nitrogen and oxygen atoms in total. The van der Waals surface area contributed by atoms with Crippen LogP contribution in [0.1, 0.15) is 0 Å². The van der Waals surface area contributed by atoms with Crippen LogP contribution in [0, 0.1) is 0 Å². The number of rotatable bonds is 6. The predicted octanol–water partition coefficient (Wildman–Crippen LogP) is 1.67. The van der Waals surface area contributed by atoms with Gasteiger partial charge in [-0.3, -0.25) is 0 Å². The van der Waals surface area contributed by atoms with Crippen molar-refractivity contribution in [1.29, 1.82) is 0 Å². The predicted molar refractivity (Wildman–Crippen MR) is 93.8 cm³/mol. The van der Waals surface area contributed by atoms with Crippen molar-refractivity contribution >= 4 is 27.5 Å². The first-order chi connectivity index (χ1) is 10.8. The summed E-state index contributed by atoms with van der Waals surface area (Å²) in [5, 5.41) is 20.8. The van der Waals surface area contributed by atoms with Crippen molar-refractivity contribution < 1.29 is 23.2 Å². The van der Waals surface area contributed by atoms with Gasteiger partial charge in [-0.25, -0.2) is 0 Å². The first-order valence-corrected chi connectivity index (χ1v) is 11.9. The second kappa shape index (κ2) is 6.85. The summed E-state index contributed by atoms with van der Waals surface area (Å²) in [6, 6.07) is 13.7. The van der Waals surface area contributed by atoms with E-state index < -0.39 is 17.1 Å². The molecule has 0 aliphatic heterocycles. The molecule has 0 aliphatic carbocycles. The largest absolute Gasteiger partial charge is 0.508 e. The van der Waals surface area contributed by atoms with E-state index in [1.165, 1.54) is 0 Å². The molecule has 0 fully saturated rings. The van der Waals surface area contributed by atoms with Crippen LogP contribution in [0.4, 0.5) is 0 Å². The molecule has 0 bridgehead atoms. The molecular weight excluding hydrogens is 328 g/mol. The number of hydrogen-bond donors (Lipinski definition) is 2. The summed E-state index contributed by atoms with van der Waals surface area (Å²) in [5.41, 5.74) is 0. The molecule has 0 saturated heterocycles. The van der Waals surface area contributed by atoms with E-state index in [4.69, 9.17) is 13.0 Å². The first kappa shape index (κ1) is 17.7. The highest BCUT2D eigenvalue weighted by Gasteiger charge is 2.45. The van der Waals surface area contributed by atoms with E-state index in [1.807, 2.05) is 37.4 Å². The average Bonchev–Trinajstić information content (AvgIpc) is 2.55. The fourth-order valence-corrected chi connectivity index (χ4v) is 8.94. The summed E-state index contributed by atoms with van der Waals surface area (Å²) in [4.78, 5) is 0. The summed E-state index contributed by atoms with van der Waals surface area (Å²) < 4.78 is 17.9. The maximum absolute atomic E-state index is 9.47. The number of phenolic OH excluding ortho intramolecular Hbond substituents is 2. The number of hydrogen-bond acceptors (Lipinski definition) is 5. The molecule has 0 aliphatic rings. The van der Waals surface area contributed by atoms with Gasteiger partial charge in [0.2, 0.25) is 0 Å². The van der Waals surface area contributed by atoms with Gasteiger partial charge in [-0.2, -0.15) is 0 Å². The van der Waals surface area contributed by atoms with Gasteiger partial charge < -0.3 is 23.2 Å². The molecule has 2 aromatic carbocycles. The third kappa shape index (κ3) is 3.82. The lowest BCUT2D eigenvalue weighted by atomic mass is 10.3. The zero-order valence-corrected chi connectivity index (χ0v) is 15.7. The SMILES string of the molecule is CO[Si](C)(O[Si](C)(OC)c1ccc(O)cc1)c1ccc(O)cc1. The Morgan fingerprint density at radius 2 is 0.957 bits per heavy atom. The second-order valence-corrected chi connectivity index (χ2v) is 12.1. The van der Waals surface area contributed by atoms with E-state index in [0.29, 0.717) is 0 Å². The van der Waals surface area contributed by atoms with Crippen LogP contribution < -0.4 is 10.4 Å². The van der Waals surface area contributed by atoms with E-state index in [0.717, 1.165) is 10.4 Å². The lowest BCUT2D eigenvalue weighted by Crippen LogP contribution is -2.63. The lowest BCUT2D eigenvalue weighted by Gasteiger charge is -2.35. The third-order valence-corrected chi connectivity index (χ3v) is 11.4. The van der Waals surface area contributed by atoms with Crippen molar-refractivity contribution in [2.45, 2.75) is 13.1 Å². The Kier molecular flexibility index (Phi) is 5.27. The van der Waals surface area contributed by atoms with Crippen LogP contribution in [-0.4, -0.2) is 41.6 Å². The molecule has 2 atom stereocenters. The smallest absolute Gasteiger partial charge is 0.360 e. The van der Waals surface area contributed by atoms with Crippen LogP contribution in [0.25, 0.3) is 0 Å². The fourth-order valence-electron chi connectivity index (χ4n) is 2.34. The van der Waals surface area contributed by atoms with E-state index in [9.17, 15) is 10.2 Å². The maximum Gasteiger partial charge on any atom is 0.360 e. The molecule has 2 rings (SSSR count). The molecule has 0 radical (unpaired) electrons. The van der Waals surface area contributed by atoms with E-state index >= 15 is 0 Å². The van der Waals surface area contributed by atoms with Gasteiger partial charge in [0.25, 0.3) is 0 Å². The van der Waals surface area contributed by atoms with Gasteiger partial charge >= 0.3 is 17.1 Å². The lowest BCUT2D eigenvalue weighted by molar-refractivity contribution is 0.261. The van der Waals surface area contributed by atoms with Crippen LogP contribution in [0.2, 0.25) is 13.1 Å². The van der Waals surface area contributed by atoms with Crippen LogP contribution in [-0.2, 0) is 13.0 Å². The van der Waals surface area contributed by atoms with Crippen LogP contribution in [0.5, 0.6) is 11.5 Å². The molecule has 0 spiro atoms. The molecule has 0 amide bonds. The number of aromatic hydroxyl groups is 2. The standard InChI is InChI=1S/C16H22O5Si2/c1-19-22(3,15-9-5-13(17)6-10-15)21-23(4,20-2)16-11-7-14(18)8-12-16/h5-12,17-18H,1-4H3. The second-order valence-electron chi connectivity index (χ2n) is 5.50. The topological polar surface area (TPSA) is 68.2 Å². The Morgan fingerprint density at radius 3 is 1.22 bits per heavy atom. The fraction of sp³-hybridized carbons (Fsp3) is 0.250. The minimum atomic E-state index is -2.71. The molecule has 0 aromatic heterocycles. The summed E-state index contributed by atoms with van der Waals surface area (Å²) >= 11 is 0. The summed E-state index contributed by atoms with van der Waals surface area (Å²) in [7, 11) is -2.17. The molecule has 23 heavy (non-hydrogen) atoms.